The summed E-state index contributed by atoms with van der Waals surface area (Å²) >= 11 is 0. The topological polar surface area (TPSA) is 77.3 Å². The molecule has 0 N–H and O–H groups in total. The maximum atomic E-state index is 3.00. The number of hydrogen-bond acceptors (Lipinski definition) is 6. The summed E-state index contributed by atoms with van der Waals surface area (Å²) in [4.78, 5) is 0. The van der Waals surface area contributed by atoms with E-state index < -0.39 is 0 Å². The fourth-order valence-corrected chi connectivity index (χ4v) is 0.107. The molecular weight excluding hydrogens is 123 g/mol. The molecule has 6 nitrogen and oxygen atoms in total. The summed E-state index contributed by atoms with van der Waals surface area (Å²) in [5, 5.41) is 18.0. The fraction of sp³-hybridized carbons (Fsp3) is 0. The van der Waals surface area contributed by atoms with Crippen LogP contribution in [0.3, 0.4) is 0 Å². The van der Waals surface area contributed by atoms with Gasteiger partial charge in [-0.3, -0.25) is 0 Å². The zero-order chi connectivity index (χ0) is 4.24. The van der Waals surface area contributed by atoms with Crippen molar-refractivity contribution in [3.05, 3.63) is 0 Å². The Balaban J connectivity index is 0. The van der Waals surface area contributed by atoms with E-state index in [4.69, 9.17) is 0 Å². The monoisotopic (exact) mass is 124 g/mol. The molecule has 7 heavy (non-hydrogen) atoms. The molecule has 0 radical (unpaired) electrons. The molecule has 0 spiro atoms. The van der Waals surface area contributed by atoms with Crippen LogP contribution in [0.1, 0.15) is 1.43 Å². The zero-order valence-electron chi connectivity index (χ0n) is 4.68. The predicted octanol–water partition coefficient (Wildman–Crippen LogP) is -4.83. The molecule has 7 heteroatoms. The molecule has 1 rings (SSSR count). The van der Waals surface area contributed by atoms with Gasteiger partial charge in [0.1, 0.15) is 0 Å². The SMILES string of the molecule is [H-].[K+].n1nnnnn1. The van der Waals surface area contributed by atoms with Gasteiger partial charge in [0, 0.05) is 31.3 Å². The van der Waals surface area contributed by atoms with Crippen molar-refractivity contribution in [3.8, 4) is 0 Å². The first kappa shape index (κ1) is 7.44. The average molecular weight is 124 g/mol. The maximum Gasteiger partial charge on any atom is 1.00 e. The standard InChI is InChI=1S/K.N6.H/c;1-2-4-6-5-3-1;/q+1;;-1. The smallest absolute Gasteiger partial charge is 1.00 e. The van der Waals surface area contributed by atoms with Crippen molar-refractivity contribution < 1.29 is 52.8 Å². The molecular formula is HKN6. The molecule has 0 aliphatic rings. The van der Waals surface area contributed by atoms with Gasteiger partial charge in [0.2, 0.25) is 0 Å². The van der Waals surface area contributed by atoms with Crippen LogP contribution in [0.25, 0.3) is 0 Å². The van der Waals surface area contributed by atoms with Crippen LogP contribution in [0.2, 0.25) is 0 Å². The molecule has 0 amide bonds. The molecule has 32 valence electrons. The minimum absolute atomic E-state index is 0. The second kappa shape index (κ2) is 4.59. The van der Waals surface area contributed by atoms with Gasteiger partial charge in [-0.15, -0.1) is 0 Å². The van der Waals surface area contributed by atoms with Crippen LogP contribution in [0, 0.1) is 0 Å². The molecule has 0 aromatic carbocycles. The maximum absolute atomic E-state index is 3.00. The summed E-state index contributed by atoms with van der Waals surface area (Å²) in [6, 6.07) is 0. The summed E-state index contributed by atoms with van der Waals surface area (Å²) in [7, 11) is 0. The van der Waals surface area contributed by atoms with E-state index in [0.29, 0.717) is 0 Å². The molecule has 0 atom stereocenters. The number of nitrogens with zero attached hydrogens (tertiary/aromatic N) is 6. The predicted molar refractivity (Wildman–Crippen MR) is 14.3 cm³/mol. The van der Waals surface area contributed by atoms with Crippen molar-refractivity contribution in [2.75, 3.05) is 0 Å². The molecule has 0 aliphatic carbocycles. The van der Waals surface area contributed by atoms with Crippen molar-refractivity contribution in [2.45, 2.75) is 0 Å². The number of rotatable bonds is 0. The van der Waals surface area contributed by atoms with Crippen molar-refractivity contribution in [3.63, 3.8) is 0 Å². The average Bonchev–Trinajstić information content (AvgIpc) is 1.72. The quantitative estimate of drug-likeness (QED) is 0.323. The van der Waals surface area contributed by atoms with Gasteiger partial charge in [0.25, 0.3) is 0 Å². The Bertz CT molecular complexity index is 80.5. The summed E-state index contributed by atoms with van der Waals surface area (Å²) in [5.41, 5.74) is 0. The molecule has 0 aliphatic heterocycles. The Labute approximate surface area is 83.0 Å². The summed E-state index contributed by atoms with van der Waals surface area (Å²) in [5.74, 6) is 0. The Morgan fingerprint density at radius 2 is 0.714 bits per heavy atom. The van der Waals surface area contributed by atoms with Crippen LogP contribution >= 0.6 is 0 Å². The van der Waals surface area contributed by atoms with E-state index in [-0.39, 0.29) is 52.8 Å². The van der Waals surface area contributed by atoms with E-state index in [9.17, 15) is 0 Å². The number of aromatic nitrogens is 6. The third-order valence-electron chi connectivity index (χ3n) is 0.240. The molecule has 0 fully saturated rings. The van der Waals surface area contributed by atoms with Crippen LogP contribution in [-0.4, -0.2) is 31.3 Å². The largest absolute Gasteiger partial charge is 1.00 e. The van der Waals surface area contributed by atoms with Gasteiger partial charge in [-0.25, -0.2) is 0 Å². The number of hydrogen-bond donors (Lipinski definition) is 0. The Hall–Kier alpha value is 0.436. The van der Waals surface area contributed by atoms with Gasteiger partial charge in [-0.2, -0.15) is 0 Å². The van der Waals surface area contributed by atoms with Gasteiger partial charge in [-0.1, -0.05) is 0 Å². The van der Waals surface area contributed by atoms with E-state index in [0.717, 1.165) is 0 Å². The first-order valence-electron chi connectivity index (χ1n) is 1.20. The van der Waals surface area contributed by atoms with Crippen molar-refractivity contribution in [1.29, 1.82) is 0 Å². The summed E-state index contributed by atoms with van der Waals surface area (Å²) < 4.78 is 0. The normalized spacial score (nSPS) is 6.86. The molecule has 1 aromatic heterocycles. The van der Waals surface area contributed by atoms with Gasteiger partial charge < -0.3 is 1.43 Å². The Morgan fingerprint density at radius 3 is 0.857 bits per heavy atom. The van der Waals surface area contributed by atoms with Gasteiger partial charge in [-0.05, 0) is 0 Å². The Kier molecular flexibility index (Phi) is 4.88. The zero-order valence-corrected chi connectivity index (χ0v) is 6.81. The van der Waals surface area contributed by atoms with E-state index in [2.05, 4.69) is 31.3 Å². The van der Waals surface area contributed by atoms with Gasteiger partial charge >= 0.3 is 51.4 Å². The van der Waals surface area contributed by atoms with E-state index in [1.807, 2.05) is 0 Å². The van der Waals surface area contributed by atoms with Crippen LogP contribution in [0.5, 0.6) is 0 Å². The van der Waals surface area contributed by atoms with Gasteiger partial charge in [0.05, 0.1) is 0 Å². The van der Waals surface area contributed by atoms with Crippen molar-refractivity contribution >= 4 is 0 Å². The minimum Gasteiger partial charge on any atom is -1.00 e. The van der Waals surface area contributed by atoms with Gasteiger partial charge in [0.15, 0.2) is 0 Å². The second-order valence-electron chi connectivity index (χ2n) is 0.537. The molecule has 0 bridgehead atoms. The van der Waals surface area contributed by atoms with Crippen LogP contribution in [-0.2, 0) is 0 Å². The molecule has 0 unspecified atom stereocenters. The van der Waals surface area contributed by atoms with E-state index in [1.165, 1.54) is 0 Å². The van der Waals surface area contributed by atoms with Crippen molar-refractivity contribution in [1.82, 2.24) is 31.3 Å². The molecule has 1 heterocycles. The van der Waals surface area contributed by atoms with Crippen molar-refractivity contribution in [2.24, 2.45) is 0 Å². The molecule has 1 aromatic rings. The van der Waals surface area contributed by atoms with E-state index >= 15 is 0 Å². The minimum atomic E-state index is 0. The first-order valence-corrected chi connectivity index (χ1v) is 1.20. The van der Waals surface area contributed by atoms with Crippen LogP contribution < -0.4 is 51.4 Å². The first-order chi connectivity index (χ1) is 3.00. The molecule has 0 saturated carbocycles. The summed E-state index contributed by atoms with van der Waals surface area (Å²) in [6.45, 7) is 0. The third-order valence-corrected chi connectivity index (χ3v) is 0.240. The van der Waals surface area contributed by atoms with E-state index in [1.54, 1.807) is 0 Å². The molecule has 0 saturated heterocycles. The van der Waals surface area contributed by atoms with Crippen LogP contribution in [0.15, 0.2) is 0 Å². The van der Waals surface area contributed by atoms with Crippen LogP contribution in [0.4, 0.5) is 0 Å². The fourth-order valence-electron chi connectivity index (χ4n) is 0.107. The third kappa shape index (κ3) is 3.06. The second-order valence-corrected chi connectivity index (χ2v) is 0.537. The summed E-state index contributed by atoms with van der Waals surface area (Å²) in [6.07, 6.45) is 0. The Morgan fingerprint density at radius 1 is 0.571 bits per heavy atom.